The van der Waals surface area contributed by atoms with Gasteiger partial charge in [0, 0.05) is 0 Å². The lowest BCUT2D eigenvalue weighted by atomic mass is 10.2. The maximum absolute atomic E-state index is 3.50. The fraction of sp³-hybridized carbons (Fsp3) is 1.00. The molecule has 0 atom stereocenters. The Kier molecular flexibility index (Phi) is 26.6. The van der Waals surface area contributed by atoms with Crippen LogP contribution in [-0.2, 0) is 0 Å². The van der Waals surface area contributed by atoms with Crippen molar-refractivity contribution in [3.63, 3.8) is 0 Å². The van der Waals surface area contributed by atoms with Crippen molar-refractivity contribution in [2.45, 2.75) is 91.9 Å². The van der Waals surface area contributed by atoms with Crippen LogP contribution in [0.15, 0.2) is 0 Å². The predicted molar refractivity (Wildman–Crippen MR) is 94.6 cm³/mol. The van der Waals surface area contributed by atoms with Gasteiger partial charge in [-0.05, 0) is 45.4 Å². The molecular weight excluding hydrogens is 244 g/mol. The van der Waals surface area contributed by atoms with Crippen molar-refractivity contribution in [2.75, 3.05) is 26.2 Å². The van der Waals surface area contributed by atoms with E-state index in [1.807, 2.05) is 0 Å². The largest absolute Gasteiger partial charge is 0.317 e. The summed E-state index contributed by atoms with van der Waals surface area (Å²) in [6.45, 7) is 13.6. The van der Waals surface area contributed by atoms with Crippen LogP contribution < -0.4 is 10.6 Å². The fourth-order valence-electron chi connectivity index (χ4n) is 1.96. The van der Waals surface area contributed by atoms with E-state index < -0.39 is 0 Å². The maximum Gasteiger partial charge on any atom is -0.00489 e. The third-order valence-corrected chi connectivity index (χ3v) is 3.37. The van der Waals surface area contributed by atoms with E-state index in [1.165, 1.54) is 83.8 Å². The third kappa shape index (κ3) is 26.5. The van der Waals surface area contributed by atoms with Crippen molar-refractivity contribution >= 4 is 0 Å². The Balaban J connectivity index is 0. The first kappa shape index (κ1) is 22.2. The molecule has 0 saturated carbocycles. The lowest BCUT2D eigenvalue weighted by Crippen LogP contribution is -2.16. The van der Waals surface area contributed by atoms with Crippen LogP contribution in [0.4, 0.5) is 0 Å². The van der Waals surface area contributed by atoms with Gasteiger partial charge in [-0.2, -0.15) is 0 Å². The Bertz CT molecular complexity index is 123. The van der Waals surface area contributed by atoms with Crippen molar-refractivity contribution in [1.29, 1.82) is 0 Å². The Morgan fingerprint density at radius 1 is 0.450 bits per heavy atom. The van der Waals surface area contributed by atoms with Gasteiger partial charge in [0.25, 0.3) is 0 Å². The van der Waals surface area contributed by atoms with E-state index in [0.717, 1.165) is 6.54 Å². The van der Waals surface area contributed by atoms with Crippen molar-refractivity contribution in [3.05, 3.63) is 0 Å². The molecule has 0 aromatic heterocycles. The first-order valence-corrected chi connectivity index (χ1v) is 9.24. The van der Waals surface area contributed by atoms with Crippen LogP contribution in [0.1, 0.15) is 91.9 Å². The van der Waals surface area contributed by atoms with Gasteiger partial charge in [-0.3, -0.25) is 0 Å². The second-order valence-corrected chi connectivity index (χ2v) is 5.58. The Labute approximate surface area is 129 Å². The number of hydrogen-bond acceptors (Lipinski definition) is 2. The van der Waals surface area contributed by atoms with Crippen LogP contribution >= 0.6 is 0 Å². The fourth-order valence-corrected chi connectivity index (χ4v) is 1.96. The molecule has 124 valence electrons. The smallest absolute Gasteiger partial charge is 0.00489 e. The number of hydrogen-bond donors (Lipinski definition) is 2. The minimum absolute atomic E-state index is 1.11. The van der Waals surface area contributed by atoms with E-state index in [-0.39, 0.29) is 0 Å². The van der Waals surface area contributed by atoms with Gasteiger partial charge in [-0.1, -0.05) is 72.6 Å². The highest BCUT2D eigenvalue weighted by molar-refractivity contribution is 4.49. The molecule has 0 fully saturated rings. The molecule has 0 rings (SSSR count). The van der Waals surface area contributed by atoms with E-state index >= 15 is 0 Å². The van der Waals surface area contributed by atoms with Crippen LogP contribution in [0.3, 0.4) is 0 Å². The van der Waals surface area contributed by atoms with E-state index in [9.17, 15) is 0 Å². The summed E-state index contributed by atoms with van der Waals surface area (Å²) in [6.07, 6.45) is 13.6. The summed E-state index contributed by atoms with van der Waals surface area (Å²) in [6, 6.07) is 0. The van der Waals surface area contributed by atoms with Crippen molar-refractivity contribution in [2.24, 2.45) is 0 Å². The zero-order valence-electron chi connectivity index (χ0n) is 14.9. The zero-order valence-corrected chi connectivity index (χ0v) is 14.9. The summed E-state index contributed by atoms with van der Waals surface area (Å²) in [5.41, 5.74) is 0. The summed E-state index contributed by atoms with van der Waals surface area (Å²) in [7, 11) is 0. The molecular formula is C18H42N2. The normalized spacial score (nSPS) is 10.2. The minimum atomic E-state index is 1.11. The molecule has 0 aliphatic heterocycles. The van der Waals surface area contributed by atoms with Crippen LogP contribution in [0.5, 0.6) is 0 Å². The molecule has 20 heavy (non-hydrogen) atoms. The maximum atomic E-state index is 3.50. The molecule has 2 heteroatoms. The molecule has 0 aromatic carbocycles. The highest BCUT2D eigenvalue weighted by Crippen LogP contribution is 1.98. The summed E-state index contributed by atoms with van der Waals surface area (Å²) >= 11 is 0. The second-order valence-electron chi connectivity index (χ2n) is 5.58. The molecule has 0 bridgehead atoms. The lowest BCUT2D eigenvalue weighted by Gasteiger charge is -2.03. The third-order valence-electron chi connectivity index (χ3n) is 3.37. The molecule has 0 amide bonds. The molecule has 0 aliphatic rings. The molecule has 2 nitrogen and oxygen atoms in total. The highest BCUT2D eigenvalue weighted by Gasteiger charge is 1.89. The van der Waals surface area contributed by atoms with Crippen LogP contribution in [0.2, 0.25) is 0 Å². The van der Waals surface area contributed by atoms with Gasteiger partial charge in [0.15, 0.2) is 0 Å². The average Bonchev–Trinajstić information content (AvgIpc) is 2.47. The first-order valence-electron chi connectivity index (χ1n) is 9.24. The van der Waals surface area contributed by atoms with E-state index in [4.69, 9.17) is 0 Å². The molecule has 0 spiro atoms. The zero-order chi connectivity index (χ0) is 15.3. The lowest BCUT2D eigenvalue weighted by molar-refractivity contribution is 0.564. The first-order chi connectivity index (χ1) is 9.83. The predicted octanol–water partition coefficient (Wildman–Crippen LogP) is 5.13. The van der Waals surface area contributed by atoms with Crippen molar-refractivity contribution < 1.29 is 0 Å². The Morgan fingerprint density at radius 2 is 0.900 bits per heavy atom. The molecule has 0 saturated heterocycles. The monoisotopic (exact) mass is 286 g/mol. The Hall–Kier alpha value is -0.0800. The molecule has 0 unspecified atom stereocenters. The molecule has 0 aromatic rings. The van der Waals surface area contributed by atoms with Crippen molar-refractivity contribution in [3.8, 4) is 0 Å². The molecule has 0 radical (unpaired) electrons. The van der Waals surface area contributed by atoms with Gasteiger partial charge >= 0.3 is 0 Å². The van der Waals surface area contributed by atoms with Crippen LogP contribution in [0.25, 0.3) is 0 Å². The van der Waals surface area contributed by atoms with Gasteiger partial charge < -0.3 is 10.6 Å². The minimum Gasteiger partial charge on any atom is -0.317 e. The van der Waals surface area contributed by atoms with Gasteiger partial charge in [-0.15, -0.1) is 0 Å². The van der Waals surface area contributed by atoms with Gasteiger partial charge in [-0.25, -0.2) is 0 Å². The van der Waals surface area contributed by atoms with Gasteiger partial charge in [0.05, 0.1) is 0 Å². The number of rotatable bonds is 14. The number of nitrogens with one attached hydrogen (secondary N) is 2. The molecule has 2 N–H and O–H groups in total. The molecule has 0 aliphatic carbocycles. The van der Waals surface area contributed by atoms with Gasteiger partial charge in [0.2, 0.25) is 0 Å². The summed E-state index contributed by atoms with van der Waals surface area (Å²) in [4.78, 5) is 0. The second kappa shape index (κ2) is 24.0. The summed E-state index contributed by atoms with van der Waals surface area (Å²) in [5.74, 6) is 0. The quantitative estimate of drug-likeness (QED) is 0.432. The topological polar surface area (TPSA) is 24.1 Å². The average molecular weight is 287 g/mol. The number of unbranched alkanes of at least 4 members (excludes halogenated alkanes) is 7. The Morgan fingerprint density at radius 3 is 1.30 bits per heavy atom. The van der Waals surface area contributed by atoms with E-state index in [2.05, 4.69) is 38.3 Å². The SMILES string of the molecule is CCCCCCNCCCCCC.CCCCNCC. The van der Waals surface area contributed by atoms with Crippen LogP contribution in [0, 0.1) is 0 Å². The van der Waals surface area contributed by atoms with E-state index in [1.54, 1.807) is 0 Å². The standard InChI is InChI=1S/C12H27N.C6H15N/c1-3-5-7-9-11-13-12-10-8-6-4-2;1-3-5-6-7-4-2/h13H,3-12H2,1-2H3;7H,3-6H2,1-2H3. The summed E-state index contributed by atoms with van der Waals surface area (Å²) in [5, 5.41) is 6.75. The van der Waals surface area contributed by atoms with Crippen molar-refractivity contribution in [1.82, 2.24) is 10.6 Å². The van der Waals surface area contributed by atoms with Crippen LogP contribution in [-0.4, -0.2) is 26.2 Å². The molecule has 0 heterocycles. The highest BCUT2D eigenvalue weighted by atomic mass is 14.8. The van der Waals surface area contributed by atoms with E-state index in [0.29, 0.717) is 0 Å². The van der Waals surface area contributed by atoms with Gasteiger partial charge in [0.1, 0.15) is 0 Å². The summed E-state index contributed by atoms with van der Waals surface area (Å²) < 4.78 is 0.